The summed E-state index contributed by atoms with van der Waals surface area (Å²) in [6.45, 7) is 4.23. The molecule has 0 radical (unpaired) electrons. The van der Waals surface area contributed by atoms with Gasteiger partial charge in [-0.2, -0.15) is 0 Å². The molecule has 3 heteroatoms. The fourth-order valence-corrected chi connectivity index (χ4v) is 3.59. The minimum atomic E-state index is 0.557. The molecule has 7 heavy (non-hydrogen) atoms. The third kappa shape index (κ3) is 7.31. The van der Waals surface area contributed by atoms with Crippen molar-refractivity contribution < 1.29 is 0 Å². The molecule has 0 nitrogen and oxygen atoms in total. The Labute approximate surface area is 65.7 Å². The van der Waals surface area contributed by atoms with Gasteiger partial charge in [-0.25, -0.2) is 0 Å². The summed E-state index contributed by atoms with van der Waals surface area (Å²) in [6.07, 6.45) is 0. The summed E-state index contributed by atoms with van der Waals surface area (Å²) in [6, 6.07) is 0. The van der Waals surface area contributed by atoms with Crippen LogP contribution in [0.25, 0.3) is 0 Å². The zero-order valence-electron chi connectivity index (χ0n) is 4.32. The highest BCUT2D eigenvalue weighted by Gasteiger charge is 1.99. The number of hydrogen-bond acceptors (Lipinski definition) is 1. The van der Waals surface area contributed by atoms with E-state index in [0.717, 1.165) is 0 Å². The Morgan fingerprint density at radius 2 is 1.43 bits per heavy atom. The molecule has 0 aliphatic rings. The average molecular weight is 248 g/mol. The molecule has 0 saturated carbocycles. The van der Waals surface area contributed by atoms with Gasteiger partial charge < -0.3 is 0 Å². The molecule has 44 valence electrons. The van der Waals surface area contributed by atoms with Crippen molar-refractivity contribution in [1.82, 2.24) is 0 Å². The zero-order valence-corrected chi connectivity index (χ0v) is 8.31. The lowest BCUT2D eigenvalue weighted by atomic mass is 11.0. The highest BCUT2D eigenvalue weighted by Crippen LogP contribution is 2.25. The van der Waals surface area contributed by atoms with Crippen LogP contribution in [0.15, 0.2) is 0 Å². The first kappa shape index (κ1) is 8.31. The molecule has 0 saturated heterocycles. The summed E-state index contributed by atoms with van der Waals surface area (Å²) < 4.78 is 1.11. The van der Waals surface area contributed by atoms with E-state index in [1.807, 2.05) is 11.8 Å². The van der Waals surface area contributed by atoms with Crippen molar-refractivity contribution >= 4 is 43.6 Å². The second-order valence-electron chi connectivity index (χ2n) is 1.22. The largest absolute Gasteiger partial charge is 0.133 e. The minimum Gasteiger partial charge on any atom is -0.133 e. The molecule has 0 spiro atoms. The quantitative estimate of drug-likeness (QED) is 0.676. The second kappa shape index (κ2) is 4.21. The first-order valence-electron chi connectivity index (χ1n) is 2.06. The van der Waals surface area contributed by atoms with Crippen LogP contribution < -0.4 is 0 Å². The van der Waals surface area contributed by atoms with Crippen molar-refractivity contribution in [2.75, 3.05) is 0 Å². The van der Waals surface area contributed by atoms with E-state index in [4.69, 9.17) is 0 Å². The topological polar surface area (TPSA) is 0 Å². The van der Waals surface area contributed by atoms with Crippen LogP contribution in [0, 0.1) is 0 Å². The van der Waals surface area contributed by atoms with Gasteiger partial charge in [0.25, 0.3) is 0 Å². The van der Waals surface area contributed by atoms with E-state index in [2.05, 4.69) is 45.7 Å². The summed E-state index contributed by atoms with van der Waals surface area (Å²) in [7, 11) is 0. The van der Waals surface area contributed by atoms with Crippen LogP contribution in [0.4, 0.5) is 0 Å². The van der Waals surface area contributed by atoms with Crippen molar-refractivity contribution in [3.05, 3.63) is 0 Å². The number of alkyl halides is 2. The molecule has 0 aromatic carbocycles. The van der Waals surface area contributed by atoms with Gasteiger partial charge in [0, 0.05) is 0 Å². The van der Waals surface area contributed by atoms with Gasteiger partial charge in [0.05, 0.1) is 8.32 Å². The van der Waals surface area contributed by atoms with E-state index in [0.29, 0.717) is 8.32 Å². The van der Waals surface area contributed by atoms with Crippen molar-refractivity contribution in [3.8, 4) is 0 Å². The van der Waals surface area contributed by atoms with Gasteiger partial charge in [-0.3, -0.25) is 0 Å². The lowest BCUT2D eigenvalue weighted by Gasteiger charge is -2.02. The predicted molar refractivity (Wildman–Crippen MR) is 44.4 cm³/mol. The normalized spacial score (nSPS) is 18.9. The van der Waals surface area contributed by atoms with E-state index < -0.39 is 0 Å². The van der Waals surface area contributed by atoms with Gasteiger partial charge in [-0.05, 0) is 13.8 Å². The Morgan fingerprint density at radius 3 is 1.43 bits per heavy atom. The SMILES string of the molecule is CC(Br)SC(C)Br. The third-order valence-electron chi connectivity index (χ3n) is 0.375. The average Bonchev–Trinajstić information content (AvgIpc) is 1.27. The van der Waals surface area contributed by atoms with Gasteiger partial charge in [-0.1, -0.05) is 31.9 Å². The van der Waals surface area contributed by atoms with Crippen LogP contribution >= 0.6 is 43.6 Å². The second-order valence-corrected chi connectivity index (χ2v) is 6.87. The van der Waals surface area contributed by atoms with Crippen LogP contribution in [0.2, 0.25) is 0 Å². The zero-order chi connectivity index (χ0) is 5.86. The molecule has 0 rings (SSSR count). The Hall–Kier alpha value is 1.31. The van der Waals surface area contributed by atoms with Crippen LogP contribution in [0.1, 0.15) is 13.8 Å². The van der Waals surface area contributed by atoms with E-state index in [-0.39, 0.29) is 0 Å². The minimum absolute atomic E-state index is 0.557. The molecule has 0 heterocycles. The van der Waals surface area contributed by atoms with E-state index in [9.17, 15) is 0 Å². The summed E-state index contributed by atoms with van der Waals surface area (Å²) in [5, 5.41) is 0. The van der Waals surface area contributed by atoms with Gasteiger partial charge in [-0.15, -0.1) is 11.8 Å². The van der Waals surface area contributed by atoms with E-state index in [1.54, 1.807) is 0 Å². The Bertz CT molecular complexity index is 39.0. The smallest absolute Gasteiger partial charge is 0.0583 e. The molecule has 0 amide bonds. The molecule has 0 aromatic rings. The fourth-order valence-electron chi connectivity index (χ4n) is 0.258. The summed E-state index contributed by atoms with van der Waals surface area (Å²) in [5.74, 6) is 0. The van der Waals surface area contributed by atoms with Crippen LogP contribution in [-0.2, 0) is 0 Å². The molecule has 0 N–H and O–H groups in total. The lowest BCUT2D eigenvalue weighted by Crippen LogP contribution is -1.87. The van der Waals surface area contributed by atoms with Crippen LogP contribution in [0.3, 0.4) is 0 Å². The van der Waals surface area contributed by atoms with Crippen LogP contribution in [-0.4, -0.2) is 8.32 Å². The molecule has 0 aromatic heterocycles. The van der Waals surface area contributed by atoms with Gasteiger partial charge in [0.1, 0.15) is 0 Å². The summed E-state index contributed by atoms with van der Waals surface area (Å²) in [5.41, 5.74) is 0. The molecular formula is C4H8Br2S. The van der Waals surface area contributed by atoms with Gasteiger partial charge in [0.2, 0.25) is 0 Å². The molecule has 0 aliphatic carbocycles. The summed E-state index contributed by atoms with van der Waals surface area (Å²) in [4.78, 5) is 0. The number of hydrogen-bond donors (Lipinski definition) is 0. The van der Waals surface area contributed by atoms with Gasteiger partial charge in [0.15, 0.2) is 0 Å². The highest BCUT2D eigenvalue weighted by molar-refractivity contribution is 9.13. The van der Waals surface area contributed by atoms with E-state index >= 15 is 0 Å². The summed E-state index contributed by atoms with van der Waals surface area (Å²) >= 11 is 8.66. The molecule has 2 unspecified atom stereocenters. The van der Waals surface area contributed by atoms with Crippen molar-refractivity contribution in [2.45, 2.75) is 22.2 Å². The Kier molecular flexibility index (Phi) is 5.00. The third-order valence-corrected chi connectivity index (χ3v) is 2.42. The maximum Gasteiger partial charge on any atom is 0.0583 e. The standard InChI is InChI=1S/C4H8Br2S/c1-3(5)7-4(2)6/h3-4H,1-2H3. The number of thioether (sulfide) groups is 1. The van der Waals surface area contributed by atoms with Crippen LogP contribution in [0.5, 0.6) is 0 Å². The maximum atomic E-state index is 3.41. The van der Waals surface area contributed by atoms with Crippen molar-refractivity contribution in [1.29, 1.82) is 0 Å². The predicted octanol–water partition coefficient (Wildman–Crippen LogP) is 3.20. The molecule has 0 bridgehead atoms. The van der Waals surface area contributed by atoms with E-state index in [1.165, 1.54) is 0 Å². The maximum absolute atomic E-state index is 3.41. The van der Waals surface area contributed by atoms with Crippen molar-refractivity contribution in [3.63, 3.8) is 0 Å². The first-order valence-corrected chi connectivity index (χ1v) is 4.84. The fraction of sp³-hybridized carbons (Fsp3) is 1.00. The van der Waals surface area contributed by atoms with Crippen molar-refractivity contribution in [2.24, 2.45) is 0 Å². The monoisotopic (exact) mass is 246 g/mol. The molecule has 0 fully saturated rings. The Morgan fingerprint density at radius 1 is 1.14 bits per heavy atom. The first-order chi connectivity index (χ1) is 3.13. The Balaban J connectivity index is 2.95. The lowest BCUT2D eigenvalue weighted by molar-refractivity contribution is 1.38. The number of halogens is 2. The van der Waals surface area contributed by atoms with Gasteiger partial charge >= 0.3 is 0 Å². The molecule has 2 atom stereocenters. The molecular weight excluding hydrogens is 240 g/mol. The molecule has 0 aliphatic heterocycles. The number of rotatable bonds is 2. The highest BCUT2D eigenvalue weighted by atomic mass is 79.9.